The number of nitrogens with two attached hydrogens (primary N) is 3. The smallest absolute Gasteiger partial charge is 0.374 e. The van der Waals surface area contributed by atoms with E-state index < -0.39 is 25.0 Å². The fraction of sp³-hybridized carbons (Fsp3) is 1.00. The number of rotatable bonds is 6. The van der Waals surface area contributed by atoms with Crippen molar-refractivity contribution in [2.24, 2.45) is 17.2 Å². The Kier molecular flexibility index (Phi) is 5.41. The highest BCUT2D eigenvalue weighted by Crippen LogP contribution is 2.49. The Labute approximate surface area is 123 Å². The molecular formula is C13H31N3O3Si. The Morgan fingerprint density at radius 1 is 1.05 bits per heavy atom. The third kappa shape index (κ3) is 2.07. The van der Waals surface area contributed by atoms with Crippen LogP contribution in [-0.2, 0) is 13.6 Å². The molecule has 1 rings (SSSR count). The van der Waals surface area contributed by atoms with Crippen LogP contribution in [0.4, 0.5) is 0 Å². The van der Waals surface area contributed by atoms with Gasteiger partial charge in [-0.2, -0.15) is 0 Å². The van der Waals surface area contributed by atoms with E-state index in [-0.39, 0.29) is 0 Å². The largest absolute Gasteiger partial charge is 0.396 e. The van der Waals surface area contributed by atoms with Gasteiger partial charge >= 0.3 is 8.56 Å². The second kappa shape index (κ2) is 6.00. The van der Waals surface area contributed by atoms with E-state index in [0.29, 0.717) is 19.3 Å². The van der Waals surface area contributed by atoms with Gasteiger partial charge in [0.15, 0.2) is 0 Å². The van der Waals surface area contributed by atoms with Crippen molar-refractivity contribution in [3.05, 3.63) is 0 Å². The molecule has 0 aromatic carbocycles. The van der Waals surface area contributed by atoms with Crippen molar-refractivity contribution in [2.45, 2.75) is 62.0 Å². The minimum absolute atomic E-state index is 0.670. The fourth-order valence-electron chi connectivity index (χ4n) is 3.78. The standard InChI is InChI=1S/C13H31N3O3Si/c1-6-8-12(17-3)13(15,16)11(14,7-2)9-10-20(12,18-4)19-5/h6-10,14-16H2,1-5H3. The van der Waals surface area contributed by atoms with Crippen LogP contribution >= 0.6 is 0 Å². The molecule has 0 spiro atoms. The first-order chi connectivity index (χ1) is 9.26. The van der Waals surface area contributed by atoms with Crippen molar-refractivity contribution < 1.29 is 13.6 Å². The lowest BCUT2D eigenvalue weighted by Crippen LogP contribution is -2.91. The highest BCUT2D eigenvalue weighted by atomic mass is 28.4. The summed E-state index contributed by atoms with van der Waals surface area (Å²) in [4.78, 5) is 0. The van der Waals surface area contributed by atoms with E-state index in [1.165, 1.54) is 0 Å². The molecule has 1 aliphatic heterocycles. The van der Waals surface area contributed by atoms with Crippen LogP contribution < -0.4 is 17.2 Å². The second-order valence-electron chi connectivity index (χ2n) is 5.82. The molecule has 0 bridgehead atoms. The Balaban J connectivity index is 3.49. The van der Waals surface area contributed by atoms with Crippen LogP contribution in [0.1, 0.15) is 39.5 Å². The van der Waals surface area contributed by atoms with Crippen LogP contribution in [-0.4, -0.2) is 46.3 Å². The molecule has 1 fully saturated rings. The summed E-state index contributed by atoms with van der Waals surface area (Å²) in [5.41, 5.74) is 17.8. The van der Waals surface area contributed by atoms with Crippen LogP contribution in [0.5, 0.6) is 0 Å². The quantitative estimate of drug-likeness (QED) is 0.489. The van der Waals surface area contributed by atoms with E-state index in [0.717, 1.165) is 12.5 Å². The van der Waals surface area contributed by atoms with Gasteiger partial charge in [-0.15, -0.1) is 0 Å². The van der Waals surface area contributed by atoms with Gasteiger partial charge in [-0.1, -0.05) is 20.3 Å². The SMILES string of the molecule is CCCC1(OC)C(N)(N)C(N)(CC)CC[Si]1(OC)OC. The summed E-state index contributed by atoms with van der Waals surface area (Å²) in [6.45, 7) is 4.08. The van der Waals surface area contributed by atoms with E-state index in [1.807, 2.05) is 6.92 Å². The lowest BCUT2D eigenvalue weighted by atomic mass is 9.75. The van der Waals surface area contributed by atoms with Crippen LogP contribution in [0, 0.1) is 0 Å². The zero-order valence-electron chi connectivity index (χ0n) is 13.5. The van der Waals surface area contributed by atoms with Crippen molar-refractivity contribution in [1.29, 1.82) is 0 Å². The molecule has 0 aliphatic carbocycles. The van der Waals surface area contributed by atoms with E-state index in [9.17, 15) is 0 Å². The summed E-state index contributed by atoms with van der Waals surface area (Å²) in [6.07, 6.45) is 2.90. The number of hydrogen-bond acceptors (Lipinski definition) is 6. The van der Waals surface area contributed by atoms with Crippen molar-refractivity contribution in [3.8, 4) is 0 Å². The van der Waals surface area contributed by atoms with E-state index in [4.69, 9.17) is 30.8 Å². The van der Waals surface area contributed by atoms with Crippen molar-refractivity contribution in [3.63, 3.8) is 0 Å². The topological polar surface area (TPSA) is 106 Å². The van der Waals surface area contributed by atoms with E-state index >= 15 is 0 Å². The number of ether oxygens (including phenoxy) is 1. The van der Waals surface area contributed by atoms with Gasteiger partial charge in [-0.25, -0.2) is 0 Å². The van der Waals surface area contributed by atoms with Crippen molar-refractivity contribution in [1.82, 2.24) is 0 Å². The predicted octanol–water partition coefficient (Wildman–Crippen LogP) is 0.571. The number of hydrogen-bond donors (Lipinski definition) is 3. The number of methoxy groups -OCH3 is 1. The summed E-state index contributed by atoms with van der Waals surface area (Å²) in [5, 5.41) is -0.860. The van der Waals surface area contributed by atoms with Gasteiger partial charge in [-0.05, 0) is 25.3 Å². The molecule has 20 heavy (non-hydrogen) atoms. The van der Waals surface area contributed by atoms with Gasteiger partial charge in [0.25, 0.3) is 0 Å². The maximum atomic E-state index is 6.57. The molecule has 0 radical (unpaired) electrons. The first-order valence-corrected chi connectivity index (χ1v) is 9.31. The molecule has 6 nitrogen and oxygen atoms in total. The third-order valence-electron chi connectivity index (χ3n) is 5.25. The molecule has 0 aromatic heterocycles. The van der Waals surface area contributed by atoms with Gasteiger partial charge in [0, 0.05) is 26.9 Å². The fourth-order valence-corrected chi connectivity index (χ4v) is 8.01. The molecule has 1 heterocycles. The van der Waals surface area contributed by atoms with Gasteiger partial charge in [0.1, 0.15) is 10.9 Å². The first-order valence-electron chi connectivity index (χ1n) is 7.28. The van der Waals surface area contributed by atoms with E-state index in [1.54, 1.807) is 21.3 Å². The predicted molar refractivity (Wildman–Crippen MR) is 82.2 cm³/mol. The maximum Gasteiger partial charge on any atom is 0.374 e. The molecule has 120 valence electrons. The maximum absolute atomic E-state index is 6.57. The summed E-state index contributed by atoms with van der Waals surface area (Å²) >= 11 is 0. The molecule has 0 amide bonds. The normalized spacial score (nSPS) is 36.0. The summed E-state index contributed by atoms with van der Waals surface area (Å²) in [5.74, 6) is 0. The third-order valence-corrected chi connectivity index (χ3v) is 9.57. The lowest BCUT2D eigenvalue weighted by molar-refractivity contribution is -0.0935. The molecular weight excluding hydrogens is 274 g/mol. The summed E-state index contributed by atoms with van der Waals surface area (Å²) in [6, 6.07) is 0.730. The molecule has 6 N–H and O–H groups in total. The summed E-state index contributed by atoms with van der Waals surface area (Å²) < 4.78 is 17.6. The highest BCUT2D eigenvalue weighted by Gasteiger charge is 2.73. The average Bonchev–Trinajstić information content (AvgIpc) is 2.45. The monoisotopic (exact) mass is 305 g/mol. The van der Waals surface area contributed by atoms with Gasteiger partial charge in [0.2, 0.25) is 0 Å². The molecule has 2 atom stereocenters. The van der Waals surface area contributed by atoms with E-state index in [2.05, 4.69) is 6.92 Å². The van der Waals surface area contributed by atoms with Gasteiger partial charge in [0.05, 0.1) is 0 Å². The molecule has 1 saturated heterocycles. The van der Waals surface area contributed by atoms with Gasteiger partial charge in [-0.3, -0.25) is 0 Å². The lowest BCUT2D eigenvalue weighted by Gasteiger charge is -2.62. The average molecular weight is 305 g/mol. The zero-order valence-corrected chi connectivity index (χ0v) is 14.5. The van der Waals surface area contributed by atoms with Crippen LogP contribution in [0.2, 0.25) is 6.04 Å². The Hall–Kier alpha value is -0.0231. The Morgan fingerprint density at radius 3 is 1.95 bits per heavy atom. The van der Waals surface area contributed by atoms with Crippen LogP contribution in [0.25, 0.3) is 0 Å². The molecule has 0 saturated carbocycles. The van der Waals surface area contributed by atoms with Crippen molar-refractivity contribution >= 4 is 8.56 Å². The second-order valence-corrected chi connectivity index (χ2v) is 9.45. The summed E-state index contributed by atoms with van der Waals surface area (Å²) in [7, 11) is 2.22. The van der Waals surface area contributed by atoms with Crippen molar-refractivity contribution in [2.75, 3.05) is 21.3 Å². The highest BCUT2D eigenvalue weighted by molar-refractivity contribution is 6.71. The van der Waals surface area contributed by atoms with Crippen LogP contribution in [0.3, 0.4) is 0 Å². The molecule has 0 aromatic rings. The minimum atomic E-state index is -2.72. The minimum Gasteiger partial charge on any atom is -0.396 e. The Bertz CT molecular complexity index is 339. The molecule has 2 unspecified atom stereocenters. The molecule has 7 heteroatoms. The Morgan fingerprint density at radius 2 is 1.60 bits per heavy atom. The first kappa shape index (κ1) is 18.0. The van der Waals surface area contributed by atoms with Crippen LogP contribution in [0.15, 0.2) is 0 Å². The van der Waals surface area contributed by atoms with Gasteiger partial charge < -0.3 is 30.8 Å². The zero-order chi connectivity index (χ0) is 15.7. The molecule has 1 aliphatic rings.